The highest BCUT2D eigenvalue weighted by atomic mass is 79.9. The highest BCUT2D eigenvalue weighted by Gasteiger charge is 2.33. The Hall–Kier alpha value is -2.36. The topological polar surface area (TPSA) is 88.6 Å². The molecule has 0 saturated heterocycles. The van der Waals surface area contributed by atoms with E-state index in [9.17, 15) is 4.79 Å². The van der Waals surface area contributed by atoms with Gasteiger partial charge in [-0.05, 0) is 52.7 Å². The molecule has 0 bridgehead atoms. The minimum Gasteiger partial charge on any atom is -0.495 e. The van der Waals surface area contributed by atoms with Gasteiger partial charge in [-0.1, -0.05) is 0 Å². The van der Waals surface area contributed by atoms with Gasteiger partial charge in [-0.3, -0.25) is 0 Å². The van der Waals surface area contributed by atoms with Crippen LogP contribution in [0.4, 0.5) is 0 Å². The van der Waals surface area contributed by atoms with E-state index in [1.807, 2.05) is 29.0 Å². The van der Waals surface area contributed by atoms with E-state index < -0.39 is 5.97 Å². The molecule has 0 amide bonds. The summed E-state index contributed by atoms with van der Waals surface area (Å²) in [6.07, 6.45) is 2.17. The molecular formula is C21H20BrN3O4S. The van der Waals surface area contributed by atoms with Gasteiger partial charge in [0, 0.05) is 23.1 Å². The van der Waals surface area contributed by atoms with E-state index in [2.05, 4.69) is 21.0 Å². The fraction of sp³-hybridized carbons (Fsp3) is 0.333. The number of benzene rings is 1. The first-order valence-corrected chi connectivity index (χ1v) is 11.4. The molecule has 1 aliphatic heterocycles. The molecule has 2 aliphatic rings. The average molecular weight is 490 g/mol. The Morgan fingerprint density at radius 1 is 1.40 bits per heavy atom. The fourth-order valence-corrected chi connectivity index (χ4v) is 5.15. The Morgan fingerprint density at radius 3 is 2.97 bits per heavy atom. The lowest BCUT2D eigenvalue weighted by atomic mass is 10.0. The van der Waals surface area contributed by atoms with Crippen molar-refractivity contribution in [2.45, 2.75) is 38.0 Å². The molecule has 2 N–H and O–H groups in total. The molecule has 3 aromatic rings. The van der Waals surface area contributed by atoms with Gasteiger partial charge in [-0.15, -0.1) is 0 Å². The number of methoxy groups -OCH3 is 1. The van der Waals surface area contributed by atoms with Gasteiger partial charge in [0.25, 0.3) is 0 Å². The minimum atomic E-state index is -0.432. The Labute approximate surface area is 185 Å². The normalized spacial score (nSPS) is 19.7. The lowest BCUT2D eigenvalue weighted by Crippen LogP contribution is -2.21. The molecule has 9 heteroatoms. The van der Waals surface area contributed by atoms with Crippen molar-refractivity contribution >= 4 is 33.2 Å². The zero-order valence-electron chi connectivity index (χ0n) is 16.3. The molecule has 5 rings (SSSR count). The summed E-state index contributed by atoms with van der Waals surface area (Å²) in [5.41, 5.74) is 9.52. The lowest BCUT2D eigenvalue weighted by Gasteiger charge is -2.21. The summed E-state index contributed by atoms with van der Waals surface area (Å²) in [5, 5.41) is 8.63. The molecule has 1 aliphatic carbocycles. The van der Waals surface area contributed by atoms with Crippen LogP contribution in [0.1, 0.15) is 35.3 Å². The Balaban J connectivity index is 1.61. The maximum absolute atomic E-state index is 13.0. The largest absolute Gasteiger partial charge is 0.495 e. The van der Waals surface area contributed by atoms with Crippen LogP contribution in [0, 0.1) is 0 Å². The van der Waals surface area contributed by atoms with Crippen molar-refractivity contribution < 1.29 is 19.0 Å². The number of nitrogens with two attached hydrogens (primary N) is 1. The third-order valence-corrected chi connectivity index (χ3v) is 6.80. The number of nitrogens with zero attached hydrogens (tertiary/aromatic N) is 2. The molecule has 2 atom stereocenters. The quantitative estimate of drug-likeness (QED) is 0.549. The first-order valence-electron chi connectivity index (χ1n) is 9.67. The number of esters is 1. The molecule has 0 radical (unpaired) electrons. The number of hydrogen-bond acceptors (Lipinski definition) is 7. The number of carbonyl (C=O) groups is 1. The molecule has 156 valence electrons. The summed E-state index contributed by atoms with van der Waals surface area (Å²) >= 11 is 5.12. The summed E-state index contributed by atoms with van der Waals surface area (Å²) in [4.78, 5) is 13.0. The van der Waals surface area contributed by atoms with Crippen LogP contribution in [-0.4, -0.2) is 35.0 Å². The Bertz CT molecular complexity index is 1110. The molecule has 30 heavy (non-hydrogen) atoms. The number of fused-ring (bicyclic) bond motifs is 3. The SMILES string of the molecule is COc1cc2c(cc1Br)-c1c(c(C(=O)OC3CC[C@H](N)C3)nn1-c1ccsc1)CO2. The molecule has 1 saturated carbocycles. The van der Waals surface area contributed by atoms with E-state index in [1.165, 1.54) is 0 Å². The van der Waals surface area contributed by atoms with Crippen molar-refractivity contribution in [1.82, 2.24) is 9.78 Å². The first kappa shape index (κ1) is 19.6. The number of rotatable bonds is 4. The van der Waals surface area contributed by atoms with Crippen LogP contribution in [0.15, 0.2) is 33.4 Å². The van der Waals surface area contributed by atoms with Crippen LogP contribution in [0.25, 0.3) is 16.9 Å². The summed E-state index contributed by atoms with van der Waals surface area (Å²) < 4.78 is 19.7. The summed E-state index contributed by atoms with van der Waals surface area (Å²) in [6, 6.07) is 5.83. The molecule has 7 nitrogen and oxygen atoms in total. The predicted octanol–water partition coefficient (Wildman–Crippen LogP) is 4.30. The van der Waals surface area contributed by atoms with Crippen molar-refractivity contribution in [2.75, 3.05) is 7.11 Å². The van der Waals surface area contributed by atoms with Crippen LogP contribution in [0.3, 0.4) is 0 Å². The molecule has 2 aromatic heterocycles. The van der Waals surface area contributed by atoms with Crippen LogP contribution >= 0.6 is 27.3 Å². The van der Waals surface area contributed by atoms with Crippen molar-refractivity contribution in [1.29, 1.82) is 0 Å². The van der Waals surface area contributed by atoms with E-state index in [1.54, 1.807) is 23.1 Å². The smallest absolute Gasteiger partial charge is 0.359 e. The van der Waals surface area contributed by atoms with Gasteiger partial charge >= 0.3 is 5.97 Å². The number of carbonyl (C=O) groups excluding carboxylic acids is 1. The zero-order chi connectivity index (χ0) is 20.8. The number of aromatic nitrogens is 2. The summed E-state index contributed by atoms with van der Waals surface area (Å²) in [7, 11) is 1.61. The van der Waals surface area contributed by atoms with Gasteiger partial charge in [-0.2, -0.15) is 16.4 Å². The number of thiophene rings is 1. The second-order valence-corrected chi connectivity index (χ2v) is 9.08. The third-order valence-electron chi connectivity index (χ3n) is 5.51. The van der Waals surface area contributed by atoms with Crippen molar-refractivity contribution in [3.8, 4) is 28.4 Å². The second-order valence-electron chi connectivity index (χ2n) is 7.44. The minimum absolute atomic E-state index is 0.0858. The Kier molecular flexibility index (Phi) is 5.04. The van der Waals surface area contributed by atoms with Gasteiger partial charge in [0.05, 0.1) is 28.5 Å². The van der Waals surface area contributed by atoms with E-state index in [0.29, 0.717) is 17.9 Å². The number of halogens is 1. The van der Waals surface area contributed by atoms with E-state index in [0.717, 1.165) is 39.8 Å². The van der Waals surface area contributed by atoms with Crippen molar-refractivity contribution in [2.24, 2.45) is 5.73 Å². The predicted molar refractivity (Wildman–Crippen MR) is 116 cm³/mol. The lowest BCUT2D eigenvalue weighted by molar-refractivity contribution is 0.0305. The van der Waals surface area contributed by atoms with Gasteiger partial charge in [0.2, 0.25) is 0 Å². The molecule has 1 fully saturated rings. The highest BCUT2D eigenvalue weighted by Crippen LogP contribution is 2.45. The second kappa shape index (κ2) is 7.72. The average Bonchev–Trinajstić information content (AvgIpc) is 3.46. The third kappa shape index (κ3) is 3.30. The van der Waals surface area contributed by atoms with Crippen LogP contribution in [0.2, 0.25) is 0 Å². The van der Waals surface area contributed by atoms with E-state index in [4.69, 9.17) is 19.9 Å². The monoisotopic (exact) mass is 489 g/mol. The maximum atomic E-state index is 13.0. The van der Waals surface area contributed by atoms with E-state index in [-0.39, 0.29) is 24.4 Å². The van der Waals surface area contributed by atoms with Gasteiger partial charge in [0.1, 0.15) is 24.2 Å². The molecule has 1 unspecified atom stereocenters. The van der Waals surface area contributed by atoms with Crippen LogP contribution < -0.4 is 15.2 Å². The molecule has 3 heterocycles. The van der Waals surface area contributed by atoms with Crippen molar-refractivity contribution in [3.63, 3.8) is 0 Å². The van der Waals surface area contributed by atoms with E-state index >= 15 is 0 Å². The van der Waals surface area contributed by atoms with Gasteiger partial charge < -0.3 is 19.9 Å². The van der Waals surface area contributed by atoms with Gasteiger partial charge in [-0.25, -0.2) is 9.48 Å². The zero-order valence-corrected chi connectivity index (χ0v) is 18.7. The molecule has 0 spiro atoms. The Morgan fingerprint density at radius 2 is 2.27 bits per heavy atom. The number of ether oxygens (including phenoxy) is 3. The highest BCUT2D eigenvalue weighted by molar-refractivity contribution is 9.10. The maximum Gasteiger partial charge on any atom is 0.359 e. The standard InChI is InChI=1S/C21H20BrN3O4S/c1-27-18-8-17-14(7-16(18)22)20-15(9-28-17)19(24-25(20)12-4-5-30-10-12)21(26)29-13-3-2-11(23)6-13/h4-5,7-8,10-11,13H,2-3,6,9,23H2,1H3/t11-,13?/m0/s1. The van der Waals surface area contributed by atoms with Crippen LogP contribution in [-0.2, 0) is 11.3 Å². The molecular weight excluding hydrogens is 470 g/mol. The fourth-order valence-electron chi connectivity index (χ4n) is 4.03. The van der Waals surface area contributed by atoms with Crippen molar-refractivity contribution in [3.05, 3.63) is 44.7 Å². The van der Waals surface area contributed by atoms with Gasteiger partial charge in [0.15, 0.2) is 5.69 Å². The summed E-state index contributed by atoms with van der Waals surface area (Å²) in [5.74, 6) is 0.926. The summed E-state index contributed by atoms with van der Waals surface area (Å²) in [6.45, 7) is 0.228. The molecule has 1 aromatic carbocycles. The first-order chi connectivity index (χ1) is 14.5. The van der Waals surface area contributed by atoms with Crippen LogP contribution in [0.5, 0.6) is 11.5 Å². The number of hydrogen-bond donors (Lipinski definition) is 1.